The van der Waals surface area contributed by atoms with Gasteiger partial charge in [0.2, 0.25) is 0 Å². The minimum Gasteiger partial charge on any atom is -0.299 e. The molecule has 0 amide bonds. The molecule has 1 nitrogen and oxygen atoms in total. The standard InChI is InChI=1S/C61H122O/c1-5-9-13-17-21-25-29-33-37-41-45-49-53-57-59(55-51-47-43-39-35-31-27-23-19-15-11-7-3)61(62)60(56-52-48-44-40-36-32-28-24-20-16-12-8-4)58-54-50-46-42-38-34-30-26-22-18-14-10-6-2/h59-60H,5-58H2,1-4H3. The maximum Gasteiger partial charge on any atom is 0.139 e. The smallest absolute Gasteiger partial charge is 0.139 e. The van der Waals surface area contributed by atoms with Crippen LogP contribution in [0.2, 0.25) is 0 Å². The van der Waals surface area contributed by atoms with Gasteiger partial charge in [-0.05, 0) is 25.7 Å². The van der Waals surface area contributed by atoms with Gasteiger partial charge >= 0.3 is 0 Å². The molecule has 0 aliphatic carbocycles. The molecule has 0 bridgehead atoms. The fraction of sp³-hybridized carbons (Fsp3) is 0.984. The van der Waals surface area contributed by atoms with Crippen molar-refractivity contribution in [1.29, 1.82) is 0 Å². The number of hydrogen-bond donors (Lipinski definition) is 0. The van der Waals surface area contributed by atoms with E-state index in [1.807, 2.05) is 0 Å². The average Bonchev–Trinajstić information content (AvgIpc) is 3.28. The lowest BCUT2D eigenvalue weighted by molar-refractivity contribution is -0.128. The Labute approximate surface area is 395 Å². The molecule has 0 N–H and O–H groups in total. The van der Waals surface area contributed by atoms with Crippen molar-refractivity contribution in [2.45, 2.75) is 374 Å². The van der Waals surface area contributed by atoms with E-state index in [0.29, 0.717) is 17.6 Å². The van der Waals surface area contributed by atoms with Gasteiger partial charge in [-0.25, -0.2) is 0 Å². The highest BCUT2D eigenvalue weighted by atomic mass is 16.1. The summed E-state index contributed by atoms with van der Waals surface area (Å²) in [7, 11) is 0. The molecule has 0 fully saturated rings. The molecule has 1 heteroatoms. The molecule has 0 aromatic rings. The number of Topliss-reactive ketones (excluding diaryl/α,β-unsaturated/α-hetero) is 1. The number of hydrogen-bond acceptors (Lipinski definition) is 1. The third-order valence-corrected chi connectivity index (χ3v) is 14.9. The molecule has 372 valence electrons. The Morgan fingerprint density at radius 2 is 0.306 bits per heavy atom. The van der Waals surface area contributed by atoms with Gasteiger partial charge in [-0.2, -0.15) is 0 Å². The fourth-order valence-corrected chi connectivity index (χ4v) is 10.5. The number of carbonyl (C=O) groups is 1. The van der Waals surface area contributed by atoms with Crippen LogP contribution >= 0.6 is 0 Å². The second-order valence-corrected chi connectivity index (χ2v) is 21.2. The Morgan fingerprint density at radius 1 is 0.194 bits per heavy atom. The molecule has 0 rings (SSSR count). The van der Waals surface area contributed by atoms with Gasteiger partial charge in [0.15, 0.2) is 0 Å². The molecule has 0 spiro atoms. The van der Waals surface area contributed by atoms with Crippen molar-refractivity contribution in [2.24, 2.45) is 11.8 Å². The number of rotatable bonds is 56. The van der Waals surface area contributed by atoms with Crippen molar-refractivity contribution in [3.05, 3.63) is 0 Å². The fourth-order valence-electron chi connectivity index (χ4n) is 10.5. The summed E-state index contributed by atoms with van der Waals surface area (Å²) in [4.78, 5) is 14.6. The summed E-state index contributed by atoms with van der Waals surface area (Å²) in [6.45, 7) is 9.27. The molecule has 0 saturated carbocycles. The topological polar surface area (TPSA) is 17.1 Å². The first-order chi connectivity index (χ1) is 30.7. The van der Waals surface area contributed by atoms with Crippen LogP contribution in [0, 0.1) is 11.8 Å². The summed E-state index contributed by atoms with van der Waals surface area (Å²) in [5.74, 6) is 1.40. The highest BCUT2D eigenvalue weighted by Gasteiger charge is 2.26. The predicted molar refractivity (Wildman–Crippen MR) is 284 cm³/mol. The van der Waals surface area contributed by atoms with Crippen molar-refractivity contribution in [2.75, 3.05) is 0 Å². The molecule has 0 aliphatic rings. The van der Waals surface area contributed by atoms with Gasteiger partial charge in [0.05, 0.1) is 0 Å². The van der Waals surface area contributed by atoms with E-state index >= 15 is 0 Å². The SMILES string of the molecule is CCCCCCCCCCCCCCCC(CCCCCCCCCCCCCC)C(=O)C(CCCCCCCCCCCCCC)CCCCCCCCCCCCCCC. The highest BCUT2D eigenvalue weighted by Crippen LogP contribution is 2.29. The molecule has 0 heterocycles. The first-order valence-electron chi connectivity index (χ1n) is 30.2. The summed E-state index contributed by atoms with van der Waals surface area (Å²) >= 11 is 0. The minimum absolute atomic E-state index is 0.343. The Morgan fingerprint density at radius 3 is 0.435 bits per heavy atom. The van der Waals surface area contributed by atoms with Crippen LogP contribution in [0.5, 0.6) is 0 Å². The molecular formula is C61H122O. The van der Waals surface area contributed by atoms with Crippen molar-refractivity contribution in [1.82, 2.24) is 0 Å². The quantitative estimate of drug-likeness (QED) is 0.0557. The maximum absolute atomic E-state index is 14.6. The van der Waals surface area contributed by atoms with E-state index in [2.05, 4.69) is 27.7 Å². The maximum atomic E-state index is 14.6. The zero-order valence-corrected chi connectivity index (χ0v) is 44.2. The van der Waals surface area contributed by atoms with E-state index in [1.54, 1.807) is 0 Å². The van der Waals surface area contributed by atoms with Gasteiger partial charge < -0.3 is 0 Å². The molecular weight excluding hydrogens is 749 g/mol. The van der Waals surface area contributed by atoms with Crippen LogP contribution in [0.25, 0.3) is 0 Å². The molecule has 0 saturated heterocycles. The van der Waals surface area contributed by atoms with Gasteiger partial charge in [0, 0.05) is 11.8 Å². The monoisotopic (exact) mass is 871 g/mol. The van der Waals surface area contributed by atoms with E-state index in [4.69, 9.17) is 0 Å². The summed E-state index contributed by atoms with van der Waals surface area (Å²) in [6.07, 6.45) is 75.1. The molecule has 0 radical (unpaired) electrons. The van der Waals surface area contributed by atoms with E-state index in [9.17, 15) is 4.79 Å². The van der Waals surface area contributed by atoms with Gasteiger partial charge in [0.1, 0.15) is 5.78 Å². The highest BCUT2D eigenvalue weighted by molar-refractivity contribution is 5.83. The molecule has 2 unspecified atom stereocenters. The first-order valence-corrected chi connectivity index (χ1v) is 30.2. The zero-order valence-electron chi connectivity index (χ0n) is 44.2. The van der Waals surface area contributed by atoms with Gasteiger partial charge in [-0.3, -0.25) is 4.79 Å². The number of carbonyl (C=O) groups excluding carboxylic acids is 1. The second kappa shape index (κ2) is 55.0. The molecule has 62 heavy (non-hydrogen) atoms. The lowest BCUT2D eigenvalue weighted by Gasteiger charge is -2.23. The van der Waals surface area contributed by atoms with Crippen molar-refractivity contribution >= 4 is 5.78 Å². The van der Waals surface area contributed by atoms with Crippen LogP contribution in [0.1, 0.15) is 374 Å². The summed E-state index contributed by atoms with van der Waals surface area (Å²) < 4.78 is 0. The normalized spacial score (nSPS) is 12.7. The molecule has 0 aromatic heterocycles. The molecule has 0 aliphatic heterocycles. The molecule has 0 aromatic carbocycles. The number of unbranched alkanes of at least 4 members (excludes halogenated alkanes) is 46. The summed E-state index contributed by atoms with van der Waals surface area (Å²) in [5.41, 5.74) is 0. The van der Waals surface area contributed by atoms with E-state index in [1.165, 1.54) is 347 Å². The minimum atomic E-state index is 0.343. The average molecular weight is 872 g/mol. The van der Waals surface area contributed by atoms with Gasteiger partial charge in [0.25, 0.3) is 0 Å². The van der Waals surface area contributed by atoms with Crippen LogP contribution in [0.3, 0.4) is 0 Å². The first kappa shape index (κ1) is 61.7. The Kier molecular flexibility index (Phi) is 54.7. The summed E-state index contributed by atoms with van der Waals surface area (Å²) in [5, 5.41) is 0. The van der Waals surface area contributed by atoms with Crippen molar-refractivity contribution in [3.8, 4) is 0 Å². The van der Waals surface area contributed by atoms with Crippen LogP contribution in [0.15, 0.2) is 0 Å². The second-order valence-electron chi connectivity index (χ2n) is 21.2. The van der Waals surface area contributed by atoms with E-state index < -0.39 is 0 Å². The van der Waals surface area contributed by atoms with Crippen LogP contribution in [-0.2, 0) is 4.79 Å². The third-order valence-electron chi connectivity index (χ3n) is 14.9. The largest absolute Gasteiger partial charge is 0.299 e. The lowest BCUT2D eigenvalue weighted by Crippen LogP contribution is -2.24. The summed E-state index contributed by atoms with van der Waals surface area (Å²) in [6, 6.07) is 0. The Balaban J connectivity index is 4.96. The number of ketones is 1. The van der Waals surface area contributed by atoms with Crippen molar-refractivity contribution < 1.29 is 4.79 Å². The van der Waals surface area contributed by atoms with Crippen LogP contribution in [0.4, 0.5) is 0 Å². The third kappa shape index (κ3) is 47.6. The zero-order chi connectivity index (χ0) is 44.9. The predicted octanol–water partition coefficient (Wildman–Crippen LogP) is 22.9. The van der Waals surface area contributed by atoms with E-state index in [0.717, 1.165) is 0 Å². The Hall–Kier alpha value is -0.330. The van der Waals surface area contributed by atoms with Crippen LogP contribution in [-0.4, -0.2) is 5.78 Å². The van der Waals surface area contributed by atoms with Crippen molar-refractivity contribution in [3.63, 3.8) is 0 Å². The van der Waals surface area contributed by atoms with E-state index in [-0.39, 0.29) is 0 Å². The van der Waals surface area contributed by atoms with Gasteiger partial charge in [-0.15, -0.1) is 0 Å². The van der Waals surface area contributed by atoms with Gasteiger partial charge in [-0.1, -0.05) is 349 Å². The molecule has 2 atom stereocenters. The Bertz CT molecular complexity index is 737. The lowest BCUT2D eigenvalue weighted by atomic mass is 9.80. The van der Waals surface area contributed by atoms with Crippen LogP contribution < -0.4 is 0 Å².